The molecule has 0 bridgehead atoms. The van der Waals surface area contributed by atoms with E-state index in [0.717, 1.165) is 35.8 Å². The molecule has 2 aromatic heterocycles. The second-order valence-corrected chi connectivity index (χ2v) is 7.18. The Morgan fingerprint density at radius 1 is 1.32 bits per heavy atom. The van der Waals surface area contributed by atoms with Gasteiger partial charge in [-0.25, -0.2) is 4.98 Å². The molecule has 2 amide bonds. The van der Waals surface area contributed by atoms with E-state index in [9.17, 15) is 9.59 Å². The molecule has 7 nitrogen and oxygen atoms in total. The van der Waals surface area contributed by atoms with Crippen molar-refractivity contribution in [1.29, 1.82) is 0 Å². The van der Waals surface area contributed by atoms with Crippen LogP contribution in [-0.4, -0.2) is 38.2 Å². The van der Waals surface area contributed by atoms with Crippen molar-refractivity contribution in [3.63, 3.8) is 0 Å². The largest absolute Gasteiger partial charge is 0.350 e. The lowest BCUT2D eigenvalue weighted by Crippen LogP contribution is -2.29. The van der Waals surface area contributed by atoms with Crippen LogP contribution in [-0.2, 0) is 22.6 Å². The van der Waals surface area contributed by atoms with Gasteiger partial charge >= 0.3 is 0 Å². The number of amides is 2. The van der Waals surface area contributed by atoms with Crippen LogP contribution in [0.2, 0.25) is 0 Å². The molecule has 2 aromatic rings. The molecule has 132 valence electrons. The summed E-state index contributed by atoms with van der Waals surface area (Å²) in [5.74, 6) is -0.0368. The van der Waals surface area contributed by atoms with E-state index < -0.39 is 0 Å². The molecule has 0 aromatic carbocycles. The van der Waals surface area contributed by atoms with Gasteiger partial charge in [0.1, 0.15) is 0 Å². The van der Waals surface area contributed by atoms with E-state index >= 15 is 0 Å². The summed E-state index contributed by atoms with van der Waals surface area (Å²) in [6.45, 7) is 4.57. The minimum Gasteiger partial charge on any atom is -0.350 e. The summed E-state index contributed by atoms with van der Waals surface area (Å²) in [4.78, 5) is 38.7. The minimum atomic E-state index is -0.0938. The highest BCUT2D eigenvalue weighted by molar-refractivity contribution is 7.09. The number of hydrogen-bond donors (Lipinski definition) is 1. The summed E-state index contributed by atoms with van der Waals surface area (Å²) in [6, 6.07) is -0.0152. The molecule has 0 unspecified atom stereocenters. The van der Waals surface area contributed by atoms with Gasteiger partial charge in [-0.3, -0.25) is 19.6 Å². The second kappa shape index (κ2) is 7.69. The molecule has 1 fully saturated rings. The van der Waals surface area contributed by atoms with Gasteiger partial charge in [-0.05, 0) is 19.8 Å². The van der Waals surface area contributed by atoms with Crippen LogP contribution in [0.5, 0.6) is 0 Å². The molecule has 0 aliphatic carbocycles. The zero-order valence-corrected chi connectivity index (χ0v) is 15.2. The number of hydrogen-bond acceptors (Lipinski definition) is 6. The normalized spacial score (nSPS) is 16.9. The average molecular weight is 359 g/mol. The molecule has 1 aliphatic heterocycles. The average Bonchev–Trinajstić information content (AvgIpc) is 3.22. The topological polar surface area (TPSA) is 88.1 Å². The first kappa shape index (κ1) is 17.5. The van der Waals surface area contributed by atoms with Gasteiger partial charge < -0.3 is 10.2 Å². The van der Waals surface area contributed by atoms with Crippen molar-refractivity contribution >= 4 is 23.2 Å². The lowest BCUT2D eigenvalue weighted by atomic mass is 10.1. The van der Waals surface area contributed by atoms with Gasteiger partial charge in [0.25, 0.3) is 0 Å². The fourth-order valence-corrected chi connectivity index (χ4v) is 3.64. The molecule has 0 radical (unpaired) electrons. The summed E-state index contributed by atoms with van der Waals surface area (Å²) in [5.41, 5.74) is 2.26. The van der Waals surface area contributed by atoms with Crippen LogP contribution in [0.1, 0.15) is 47.9 Å². The van der Waals surface area contributed by atoms with Crippen molar-refractivity contribution in [2.75, 3.05) is 6.54 Å². The van der Waals surface area contributed by atoms with Crippen LogP contribution in [0.25, 0.3) is 0 Å². The quantitative estimate of drug-likeness (QED) is 0.879. The SMILES string of the molecule is CC(=O)N1CCC[C@H]1c1cncc(CNC(=O)Cc2csc(C)n2)n1. The lowest BCUT2D eigenvalue weighted by Gasteiger charge is -2.22. The van der Waals surface area contributed by atoms with E-state index in [4.69, 9.17) is 0 Å². The Morgan fingerprint density at radius 3 is 2.88 bits per heavy atom. The highest BCUT2D eigenvalue weighted by atomic mass is 32.1. The molecule has 3 heterocycles. The summed E-state index contributed by atoms with van der Waals surface area (Å²) in [6.07, 6.45) is 5.48. The third-order valence-corrected chi connectivity index (χ3v) is 5.00. The number of nitrogens with zero attached hydrogens (tertiary/aromatic N) is 4. The van der Waals surface area contributed by atoms with Gasteiger partial charge in [0.05, 0.1) is 53.5 Å². The van der Waals surface area contributed by atoms with Gasteiger partial charge in [-0.2, -0.15) is 0 Å². The van der Waals surface area contributed by atoms with E-state index in [1.54, 1.807) is 19.3 Å². The maximum atomic E-state index is 12.0. The molecule has 1 N–H and O–H groups in total. The zero-order chi connectivity index (χ0) is 17.8. The van der Waals surface area contributed by atoms with Crippen LogP contribution >= 0.6 is 11.3 Å². The number of aryl methyl sites for hydroxylation is 1. The molecule has 0 spiro atoms. The Bertz CT molecular complexity index is 776. The van der Waals surface area contributed by atoms with E-state index in [1.165, 1.54) is 11.3 Å². The number of likely N-dealkylation sites (tertiary alicyclic amines) is 1. The number of carbonyl (C=O) groups is 2. The fourth-order valence-electron chi connectivity index (χ4n) is 3.03. The van der Waals surface area contributed by atoms with E-state index in [2.05, 4.69) is 20.3 Å². The number of rotatable bonds is 5. The van der Waals surface area contributed by atoms with Crippen LogP contribution < -0.4 is 5.32 Å². The lowest BCUT2D eigenvalue weighted by molar-refractivity contribution is -0.129. The summed E-state index contributed by atoms with van der Waals surface area (Å²) < 4.78 is 0. The number of nitrogens with one attached hydrogen (secondary N) is 1. The molecule has 0 saturated carbocycles. The summed E-state index contributed by atoms with van der Waals surface area (Å²) in [7, 11) is 0. The van der Waals surface area contributed by atoms with Gasteiger partial charge in [-0.1, -0.05) is 0 Å². The smallest absolute Gasteiger partial charge is 0.226 e. The monoisotopic (exact) mass is 359 g/mol. The van der Waals surface area contributed by atoms with Crippen molar-refractivity contribution < 1.29 is 9.59 Å². The van der Waals surface area contributed by atoms with Crippen molar-refractivity contribution in [2.45, 2.75) is 45.7 Å². The predicted molar refractivity (Wildman–Crippen MR) is 93.8 cm³/mol. The first-order chi connectivity index (χ1) is 12.0. The van der Waals surface area contributed by atoms with Crippen LogP contribution in [0.4, 0.5) is 0 Å². The van der Waals surface area contributed by atoms with Gasteiger partial charge in [-0.15, -0.1) is 11.3 Å². The molecule has 1 aliphatic rings. The molecule has 3 rings (SSSR count). The van der Waals surface area contributed by atoms with Crippen LogP contribution in [0.15, 0.2) is 17.8 Å². The highest BCUT2D eigenvalue weighted by Gasteiger charge is 2.29. The van der Waals surface area contributed by atoms with Crippen LogP contribution in [0.3, 0.4) is 0 Å². The van der Waals surface area contributed by atoms with Crippen LogP contribution in [0, 0.1) is 6.92 Å². The third-order valence-electron chi connectivity index (χ3n) is 4.18. The van der Waals surface area contributed by atoms with Crippen molar-refractivity contribution in [3.8, 4) is 0 Å². The number of carbonyl (C=O) groups excluding carboxylic acids is 2. The minimum absolute atomic E-state index is 0.0152. The Kier molecular flexibility index (Phi) is 5.37. The zero-order valence-electron chi connectivity index (χ0n) is 14.4. The maximum absolute atomic E-state index is 12.0. The summed E-state index contributed by atoms with van der Waals surface area (Å²) in [5, 5.41) is 5.70. The van der Waals surface area contributed by atoms with E-state index in [0.29, 0.717) is 12.2 Å². The van der Waals surface area contributed by atoms with Crippen molar-refractivity contribution in [1.82, 2.24) is 25.2 Å². The second-order valence-electron chi connectivity index (χ2n) is 6.12. The molecule has 1 saturated heterocycles. The van der Waals surface area contributed by atoms with Gasteiger partial charge in [0, 0.05) is 18.8 Å². The molecule has 1 atom stereocenters. The number of thiazole rings is 1. The Labute approximate surface area is 150 Å². The summed E-state index contributed by atoms with van der Waals surface area (Å²) >= 11 is 1.53. The Hall–Kier alpha value is -2.35. The fraction of sp³-hybridized carbons (Fsp3) is 0.471. The third kappa shape index (κ3) is 4.39. The molecule has 25 heavy (non-hydrogen) atoms. The highest BCUT2D eigenvalue weighted by Crippen LogP contribution is 2.30. The van der Waals surface area contributed by atoms with Crippen molar-refractivity contribution in [2.24, 2.45) is 0 Å². The molecule has 8 heteroatoms. The first-order valence-electron chi connectivity index (χ1n) is 8.28. The Morgan fingerprint density at radius 2 is 2.16 bits per heavy atom. The first-order valence-corrected chi connectivity index (χ1v) is 9.16. The number of aromatic nitrogens is 3. The van der Waals surface area contributed by atoms with Gasteiger partial charge in [0.2, 0.25) is 11.8 Å². The van der Waals surface area contributed by atoms with E-state index in [-0.39, 0.29) is 24.3 Å². The van der Waals surface area contributed by atoms with E-state index in [1.807, 2.05) is 17.2 Å². The molecular formula is C17H21N5O2S. The molecular weight excluding hydrogens is 338 g/mol. The van der Waals surface area contributed by atoms with Gasteiger partial charge in [0.15, 0.2) is 0 Å². The predicted octanol–water partition coefficient (Wildman–Crippen LogP) is 1.78. The maximum Gasteiger partial charge on any atom is 0.226 e. The Balaban J connectivity index is 1.60. The standard InChI is InChI=1S/C17H21N5O2S/c1-11-20-13(10-25-11)6-17(24)19-8-14-7-18-9-15(21-14)16-4-3-5-22(16)12(2)23/h7,9-10,16H,3-6,8H2,1-2H3,(H,19,24)/t16-/m0/s1. The van der Waals surface area contributed by atoms with Crippen molar-refractivity contribution in [3.05, 3.63) is 39.9 Å².